The van der Waals surface area contributed by atoms with Crippen molar-refractivity contribution < 1.29 is 23.1 Å². The van der Waals surface area contributed by atoms with Crippen LogP contribution in [0.25, 0.3) is 0 Å². The highest BCUT2D eigenvalue weighted by molar-refractivity contribution is 7.89. The molecule has 1 heterocycles. The Morgan fingerprint density at radius 2 is 1.61 bits per heavy atom. The lowest BCUT2D eigenvalue weighted by Crippen LogP contribution is -2.49. The minimum absolute atomic E-state index is 0.00617. The highest BCUT2D eigenvalue weighted by Crippen LogP contribution is 2.47. The van der Waals surface area contributed by atoms with Gasteiger partial charge in [0.05, 0.1) is 11.5 Å². The van der Waals surface area contributed by atoms with Gasteiger partial charge in [0.15, 0.2) is 0 Å². The summed E-state index contributed by atoms with van der Waals surface area (Å²) >= 11 is 0. The molecule has 1 aliphatic carbocycles. The second-order valence-corrected chi connectivity index (χ2v) is 11.7. The number of rotatable bonds is 8. The fourth-order valence-corrected chi connectivity index (χ4v) is 5.66. The first-order valence-corrected chi connectivity index (χ1v) is 13.8. The molecule has 2 aromatic rings. The van der Waals surface area contributed by atoms with E-state index in [9.17, 15) is 23.1 Å². The number of piperazine rings is 1. The van der Waals surface area contributed by atoms with Gasteiger partial charge in [-0.05, 0) is 47.6 Å². The zero-order valence-electron chi connectivity index (χ0n) is 21.3. The van der Waals surface area contributed by atoms with Crippen molar-refractivity contribution in [1.29, 1.82) is 0 Å². The number of sulfonamides is 1. The maximum absolute atomic E-state index is 12.6. The van der Waals surface area contributed by atoms with Crippen molar-refractivity contribution in [2.75, 3.05) is 32.8 Å². The molecule has 8 nitrogen and oxygen atoms in total. The van der Waals surface area contributed by atoms with Crippen LogP contribution in [0.4, 0.5) is 0 Å². The van der Waals surface area contributed by atoms with E-state index in [0.29, 0.717) is 49.9 Å². The predicted octanol–water partition coefficient (Wildman–Crippen LogP) is 2.62. The van der Waals surface area contributed by atoms with Crippen molar-refractivity contribution in [2.24, 2.45) is 0 Å². The first-order valence-electron chi connectivity index (χ1n) is 12.4. The Labute approximate surface area is 214 Å². The first kappa shape index (κ1) is 27.8. The second kappa shape index (κ2) is 12.0. The van der Waals surface area contributed by atoms with Crippen LogP contribution in [0, 0.1) is 0 Å². The van der Waals surface area contributed by atoms with Crippen molar-refractivity contribution in [3.8, 4) is 0 Å². The minimum atomic E-state index is -3.46. The van der Waals surface area contributed by atoms with Gasteiger partial charge in [0.25, 0.3) is 0 Å². The Kier molecular flexibility index (Phi) is 9.27. The molecule has 0 aromatic heterocycles. The van der Waals surface area contributed by atoms with E-state index in [0.717, 1.165) is 24.0 Å². The van der Waals surface area contributed by atoms with E-state index in [-0.39, 0.29) is 17.9 Å². The average Bonchev–Trinajstić information content (AvgIpc) is 3.69. The molecule has 0 unspecified atom stereocenters. The van der Waals surface area contributed by atoms with Gasteiger partial charge in [-0.2, -0.15) is 4.31 Å². The Hall–Kier alpha value is -2.75. The molecular formula is C27H37N3O5S. The van der Waals surface area contributed by atoms with E-state index in [2.05, 4.69) is 19.2 Å². The lowest BCUT2D eigenvalue weighted by Gasteiger charge is -2.33. The maximum Gasteiger partial charge on any atom is 0.243 e. The van der Waals surface area contributed by atoms with Gasteiger partial charge >= 0.3 is 0 Å². The van der Waals surface area contributed by atoms with Crippen LogP contribution in [-0.2, 0) is 31.6 Å². The summed E-state index contributed by atoms with van der Waals surface area (Å²) < 4.78 is 26.6. The van der Waals surface area contributed by atoms with Gasteiger partial charge in [0.1, 0.15) is 0 Å². The monoisotopic (exact) mass is 515 g/mol. The zero-order valence-corrected chi connectivity index (χ0v) is 22.1. The van der Waals surface area contributed by atoms with Crippen molar-refractivity contribution in [3.05, 3.63) is 65.2 Å². The molecule has 4 rings (SSSR count). The molecule has 196 valence electrons. The normalized spacial score (nSPS) is 17.2. The summed E-state index contributed by atoms with van der Waals surface area (Å²) in [5.41, 5.74) is 3.45. The summed E-state index contributed by atoms with van der Waals surface area (Å²) in [6.07, 6.45) is 2.86. The van der Waals surface area contributed by atoms with Crippen molar-refractivity contribution in [3.63, 3.8) is 0 Å². The lowest BCUT2D eigenvalue weighted by molar-refractivity contribution is -0.130. The molecule has 0 radical (unpaired) electrons. The van der Waals surface area contributed by atoms with Gasteiger partial charge in [0, 0.05) is 45.1 Å². The summed E-state index contributed by atoms with van der Waals surface area (Å²) in [7, 11) is -3.46. The molecule has 0 bridgehead atoms. The number of benzene rings is 2. The number of carbonyl (C=O) groups is 2. The average molecular weight is 516 g/mol. The number of amides is 2. The van der Waals surface area contributed by atoms with Crippen LogP contribution in [0.15, 0.2) is 53.4 Å². The summed E-state index contributed by atoms with van der Waals surface area (Å²) in [4.78, 5) is 23.4. The van der Waals surface area contributed by atoms with E-state index in [4.69, 9.17) is 0 Å². The molecule has 36 heavy (non-hydrogen) atoms. The van der Waals surface area contributed by atoms with Gasteiger partial charge in [0.2, 0.25) is 22.3 Å². The van der Waals surface area contributed by atoms with Crippen LogP contribution < -0.4 is 5.32 Å². The minimum Gasteiger partial charge on any atom is -0.395 e. The maximum atomic E-state index is 12.6. The molecule has 2 aromatic carbocycles. The lowest BCUT2D eigenvalue weighted by atomic mass is 9.96. The van der Waals surface area contributed by atoms with E-state index >= 15 is 0 Å². The molecule has 1 saturated carbocycles. The number of hydrogen-bond acceptors (Lipinski definition) is 5. The molecule has 2 fully saturated rings. The predicted molar refractivity (Wildman–Crippen MR) is 139 cm³/mol. The van der Waals surface area contributed by atoms with E-state index in [1.807, 2.05) is 36.4 Å². The third-order valence-electron chi connectivity index (χ3n) is 6.98. The molecule has 2 amide bonds. The number of carbonyl (C=O) groups excluding carboxylic acids is 2. The van der Waals surface area contributed by atoms with Crippen LogP contribution >= 0.6 is 0 Å². The number of hydrogen-bond donors (Lipinski definition) is 2. The van der Waals surface area contributed by atoms with E-state index < -0.39 is 10.0 Å². The van der Waals surface area contributed by atoms with Gasteiger partial charge in [-0.15, -0.1) is 0 Å². The molecule has 0 spiro atoms. The quantitative estimate of drug-likeness (QED) is 0.526. The fourth-order valence-electron chi connectivity index (χ4n) is 4.24. The van der Waals surface area contributed by atoms with Gasteiger partial charge in [-0.25, -0.2) is 8.42 Å². The van der Waals surface area contributed by atoms with Crippen molar-refractivity contribution in [2.45, 2.75) is 56.4 Å². The second-order valence-electron chi connectivity index (χ2n) is 9.77. The Balaban J connectivity index is 0.000000212. The molecule has 2 aliphatic rings. The topological polar surface area (TPSA) is 107 Å². The SMILES string of the molecule is CC(=O)N1CCN(S(=O)(=O)c2ccc(C(C)C)cc2)CC1.O=CNCc1ccc(C2(CO)CC2)cc1. The Morgan fingerprint density at radius 3 is 2.06 bits per heavy atom. The Bertz CT molecular complexity index is 1120. The summed E-state index contributed by atoms with van der Waals surface area (Å²) in [6, 6.07) is 15.2. The third-order valence-corrected chi connectivity index (χ3v) is 8.89. The van der Waals surface area contributed by atoms with Crippen LogP contribution in [-0.4, -0.2) is 67.8 Å². The van der Waals surface area contributed by atoms with Crippen molar-refractivity contribution >= 4 is 22.3 Å². The third kappa shape index (κ3) is 6.72. The van der Waals surface area contributed by atoms with Gasteiger partial charge in [-0.3, -0.25) is 9.59 Å². The number of nitrogens with zero attached hydrogens (tertiary/aromatic N) is 2. The Morgan fingerprint density at radius 1 is 1.03 bits per heavy atom. The summed E-state index contributed by atoms with van der Waals surface area (Å²) in [6.45, 7) is 8.08. The van der Waals surface area contributed by atoms with Crippen LogP contribution in [0.2, 0.25) is 0 Å². The highest BCUT2D eigenvalue weighted by Gasteiger charge is 2.43. The zero-order chi connectivity index (χ0) is 26.3. The standard InChI is InChI=1S/C15H22N2O3S.C12H15NO2/c1-12(2)14-4-6-15(7-5-14)21(19,20)17-10-8-16(9-11-17)13(3)18;14-8-12(5-6-12)11-3-1-10(2-4-11)7-13-9-15/h4-7,12H,8-11H2,1-3H3;1-4,9,14H,5-8H2,(H,13,15). The van der Waals surface area contributed by atoms with E-state index in [1.165, 1.54) is 16.8 Å². The fraction of sp³-hybridized carbons (Fsp3) is 0.481. The van der Waals surface area contributed by atoms with Gasteiger partial charge < -0.3 is 15.3 Å². The molecule has 1 saturated heterocycles. The molecule has 9 heteroatoms. The number of nitrogens with one attached hydrogen (secondary N) is 1. The van der Waals surface area contributed by atoms with Crippen LogP contribution in [0.1, 0.15) is 56.2 Å². The summed E-state index contributed by atoms with van der Waals surface area (Å²) in [5.74, 6) is 0.370. The van der Waals surface area contributed by atoms with Gasteiger partial charge in [-0.1, -0.05) is 50.2 Å². The van der Waals surface area contributed by atoms with Crippen LogP contribution in [0.5, 0.6) is 0 Å². The highest BCUT2D eigenvalue weighted by atomic mass is 32.2. The summed E-state index contributed by atoms with van der Waals surface area (Å²) in [5, 5.41) is 11.9. The first-order chi connectivity index (χ1) is 17.1. The number of aliphatic hydroxyl groups excluding tert-OH is 1. The largest absolute Gasteiger partial charge is 0.395 e. The molecule has 2 N–H and O–H groups in total. The molecular weight excluding hydrogens is 478 g/mol. The van der Waals surface area contributed by atoms with E-state index in [1.54, 1.807) is 17.0 Å². The smallest absolute Gasteiger partial charge is 0.243 e. The molecule has 1 aliphatic heterocycles. The number of aliphatic hydroxyl groups is 1. The van der Waals surface area contributed by atoms with Crippen molar-refractivity contribution in [1.82, 2.24) is 14.5 Å². The molecule has 0 atom stereocenters. The van der Waals surface area contributed by atoms with Crippen LogP contribution in [0.3, 0.4) is 0 Å².